The monoisotopic (exact) mass is 401 g/mol. The van der Waals surface area contributed by atoms with Crippen molar-refractivity contribution < 1.29 is 19.0 Å². The zero-order valence-electron chi connectivity index (χ0n) is 16.8. The molecule has 0 saturated heterocycles. The minimum atomic E-state index is 0.290. The second-order valence-electron chi connectivity index (χ2n) is 7.53. The summed E-state index contributed by atoms with van der Waals surface area (Å²) in [6.07, 6.45) is 1.03. The molecule has 1 saturated carbocycles. The van der Waals surface area contributed by atoms with Crippen molar-refractivity contribution >= 4 is 5.71 Å². The van der Waals surface area contributed by atoms with Crippen molar-refractivity contribution in [2.75, 3.05) is 13.9 Å². The van der Waals surface area contributed by atoms with Crippen LogP contribution in [0.1, 0.15) is 29.0 Å². The third-order valence-electron chi connectivity index (χ3n) is 5.59. The van der Waals surface area contributed by atoms with E-state index in [4.69, 9.17) is 19.0 Å². The highest BCUT2D eigenvalue weighted by Gasteiger charge is 2.43. The Hall–Kier alpha value is -3.47. The topological polar surface area (TPSA) is 49.3 Å². The first-order chi connectivity index (χ1) is 14.8. The molecule has 1 aliphatic heterocycles. The summed E-state index contributed by atoms with van der Waals surface area (Å²) in [5.74, 6) is 3.15. The zero-order valence-corrected chi connectivity index (χ0v) is 16.8. The van der Waals surface area contributed by atoms with Crippen LogP contribution in [0.4, 0.5) is 0 Å². The molecule has 1 aliphatic carbocycles. The predicted octanol–water partition coefficient (Wildman–Crippen LogP) is 5.15. The molecule has 3 aromatic rings. The van der Waals surface area contributed by atoms with Gasteiger partial charge in [0.2, 0.25) is 6.79 Å². The lowest BCUT2D eigenvalue weighted by molar-refractivity contribution is 0.130. The van der Waals surface area contributed by atoms with Gasteiger partial charge in [-0.2, -0.15) is 0 Å². The number of nitrogens with zero attached hydrogens (tertiary/aromatic N) is 1. The quantitative estimate of drug-likeness (QED) is 0.406. The molecule has 0 bridgehead atoms. The lowest BCUT2D eigenvalue weighted by Gasteiger charge is -2.09. The summed E-state index contributed by atoms with van der Waals surface area (Å²) in [6, 6.07) is 24.3. The molecule has 0 spiro atoms. The maximum atomic E-state index is 5.76. The van der Waals surface area contributed by atoms with Gasteiger partial charge in [0.25, 0.3) is 0 Å². The molecule has 0 amide bonds. The van der Waals surface area contributed by atoms with Gasteiger partial charge in [0.05, 0.1) is 12.8 Å². The van der Waals surface area contributed by atoms with Crippen molar-refractivity contribution in [2.24, 2.45) is 11.1 Å². The van der Waals surface area contributed by atoms with E-state index >= 15 is 0 Å². The van der Waals surface area contributed by atoms with Gasteiger partial charge in [-0.15, -0.1) is 0 Å². The van der Waals surface area contributed by atoms with Gasteiger partial charge in [-0.3, -0.25) is 0 Å². The van der Waals surface area contributed by atoms with Crippen LogP contribution in [0.3, 0.4) is 0 Å². The molecule has 5 nitrogen and oxygen atoms in total. The Labute approximate surface area is 175 Å². The van der Waals surface area contributed by atoms with E-state index in [0.717, 1.165) is 40.5 Å². The lowest BCUT2D eigenvalue weighted by Crippen LogP contribution is -2.07. The minimum Gasteiger partial charge on any atom is -0.497 e. The van der Waals surface area contributed by atoms with Crippen LogP contribution >= 0.6 is 0 Å². The number of hydrogen-bond acceptors (Lipinski definition) is 5. The number of oxime groups is 1. The van der Waals surface area contributed by atoms with Crippen LogP contribution in [0, 0.1) is 5.92 Å². The van der Waals surface area contributed by atoms with E-state index in [0.29, 0.717) is 25.2 Å². The summed E-state index contributed by atoms with van der Waals surface area (Å²) in [4.78, 5) is 5.76. The van der Waals surface area contributed by atoms with Crippen LogP contribution in [0.5, 0.6) is 17.2 Å². The molecule has 152 valence electrons. The van der Waals surface area contributed by atoms with Gasteiger partial charge in [0.15, 0.2) is 11.5 Å². The van der Waals surface area contributed by atoms with Gasteiger partial charge in [-0.05, 0) is 65.4 Å². The molecule has 0 aromatic heterocycles. The Balaban J connectivity index is 1.37. The van der Waals surface area contributed by atoms with E-state index in [2.05, 4.69) is 17.3 Å². The molecule has 5 heteroatoms. The molecular formula is C25H23NO4. The lowest BCUT2D eigenvalue weighted by atomic mass is 10.0. The van der Waals surface area contributed by atoms with Gasteiger partial charge in [-0.25, -0.2) is 0 Å². The summed E-state index contributed by atoms with van der Waals surface area (Å²) >= 11 is 0. The molecule has 3 aromatic carbocycles. The highest BCUT2D eigenvalue weighted by molar-refractivity contribution is 6.04. The summed E-state index contributed by atoms with van der Waals surface area (Å²) in [5, 5.41) is 4.57. The van der Waals surface area contributed by atoms with Crippen molar-refractivity contribution in [2.45, 2.75) is 18.9 Å². The van der Waals surface area contributed by atoms with Gasteiger partial charge in [0, 0.05) is 5.92 Å². The zero-order chi connectivity index (χ0) is 20.3. The fraction of sp³-hybridized carbons (Fsp3) is 0.240. The Bertz CT molecular complexity index is 1050. The first-order valence-electron chi connectivity index (χ1n) is 10.1. The average molecular weight is 401 g/mol. The summed E-state index contributed by atoms with van der Waals surface area (Å²) in [6.45, 7) is 0.737. The van der Waals surface area contributed by atoms with Crippen molar-refractivity contribution in [3.8, 4) is 17.2 Å². The molecule has 0 unspecified atom stereocenters. The van der Waals surface area contributed by atoms with Crippen molar-refractivity contribution in [3.63, 3.8) is 0 Å². The number of benzene rings is 3. The number of methoxy groups -OCH3 is 1. The average Bonchev–Trinajstić information content (AvgIpc) is 3.45. The van der Waals surface area contributed by atoms with Crippen molar-refractivity contribution in [1.29, 1.82) is 0 Å². The molecule has 0 radical (unpaired) electrons. The van der Waals surface area contributed by atoms with Crippen molar-refractivity contribution in [1.82, 2.24) is 0 Å². The standard InChI is InChI=1S/C25H23NO4/c1-27-20-10-7-18(8-11-20)25(26-30-15-17-5-3-2-4-6-17)22-14-21(22)19-9-12-23-24(13-19)29-16-28-23/h2-13,21-22H,14-16H2,1H3/b26-25-/t21-,22+/m1/s1. The van der Waals surface area contributed by atoms with Crippen LogP contribution in [-0.2, 0) is 11.4 Å². The first-order valence-corrected chi connectivity index (χ1v) is 10.1. The number of hydrogen-bond donors (Lipinski definition) is 0. The maximum Gasteiger partial charge on any atom is 0.231 e. The number of ether oxygens (including phenoxy) is 3. The molecule has 30 heavy (non-hydrogen) atoms. The fourth-order valence-corrected chi connectivity index (χ4v) is 3.86. The summed E-state index contributed by atoms with van der Waals surface area (Å²) in [5.41, 5.74) is 4.36. The van der Waals surface area contributed by atoms with Gasteiger partial charge >= 0.3 is 0 Å². The Morgan fingerprint density at radius 1 is 0.967 bits per heavy atom. The largest absolute Gasteiger partial charge is 0.497 e. The third kappa shape index (κ3) is 3.83. The van der Waals surface area contributed by atoms with Gasteiger partial charge in [-0.1, -0.05) is 41.6 Å². The highest BCUT2D eigenvalue weighted by Crippen LogP contribution is 2.51. The maximum absolute atomic E-state index is 5.76. The number of rotatable bonds is 7. The first kappa shape index (κ1) is 18.6. The highest BCUT2D eigenvalue weighted by atomic mass is 16.7. The van der Waals surface area contributed by atoms with E-state index < -0.39 is 0 Å². The molecule has 1 heterocycles. The SMILES string of the molecule is COc1ccc(/C(=N/OCc2ccccc2)[C@H]2C[C@@H]2c2ccc3c(c2)OCO3)cc1. The summed E-state index contributed by atoms with van der Waals surface area (Å²) < 4.78 is 16.3. The molecule has 0 N–H and O–H groups in total. The third-order valence-corrected chi connectivity index (χ3v) is 5.59. The van der Waals surface area contributed by atoms with Gasteiger partial charge in [0.1, 0.15) is 12.4 Å². The van der Waals surface area contributed by atoms with E-state index in [1.54, 1.807) is 7.11 Å². The van der Waals surface area contributed by atoms with Gasteiger partial charge < -0.3 is 19.0 Å². The molecule has 1 fully saturated rings. The van der Waals surface area contributed by atoms with E-state index in [1.165, 1.54) is 5.56 Å². The van der Waals surface area contributed by atoms with E-state index in [1.807, 2.05) is 60.7 Å². The molecule has 2 aliphatic rings. The second-order valence-corrected chi connectivity index (χ2v) is 7.53. The molecule has 2 atom stereocenters. The van der Waals surface area contributed by atoms with Crippen molar-refractivity contribution in [3.05, 3.63) is 89.5 Å². The summed E-state index contributed by atoms with van der Waals surface area (Å²) in [7, 11) is 1.67. The predicted molar refractivity (Wildman–Crippen MR) is 114 cm³/mol. The Morgan fingerprint density at radius 3 is 2.57 bits per heavy atom. The fourth-order valence-electron chi connectivity index (χ4n) is 3.86. The van der Waals surface area contributed by atoms with Crippen LogP contribution in [0.25, 0.3) is 0 Å². The second kappa shape index (κ2) is 8.11. The number of fused-ring (bicyclic) bond motifs is 1. The Morgan fingerprint density at radius 2 is 1.77 bits per heavy atom. The molecule has 5 rings (SSSR count). The van der Waals surface area contributed by atoms with Crippen LogP contribution in [-0.4, -0.2) is 19.6 Å². The van der Waals surface area contributed by atoms with Crippen LogP contribution in [0.15, 0.2) is 78.0 Å². The smallest absolute Gasteiger partial charge is 0.231 e. The molecular weight excluding hydrogens is 378 g/mol. The normalized spacial score (nSPS) is 19.4. The Kier molecular flexibility index (Phi) is 5.01. The van der Waals surface area contributed by atoms with Crippen LogP contribution in [0.2, 0.25) is 0 Å². The van der Waals surface area contributed by atoms with Crippen LogP contribution < -0.4 is 14.2 Å². The van der Waals surface area contributed by atoms with E-state index in [-0.39, 0.29) is 0 Å². The minimum absolute atomic E-state index is 0.290. The van der Waals surface area contributed by atoms with E-state index in [9.17, 15) is 0 Å².